The fourth-order valence-electron chi connectivity index (χ4n) is 0.495. The summed E-state index contributed by atoms with van der Waals surface area (Å²) in [4.78, 5) is 10.2. The van der Waals surface area contributed by atoms with Crippen LogP contribution in [0.25, 0.3) is 0 Å². The zero-order valence-corrected chi connectivity index (χ0v) is 5.21. The maximum absolute atomic E-state index is 10.8. The maximum Gasteiger partial charge on any atom is 0.439 e. The second kappa shape index (κ2) is 2.02. The molecule has 5 nitrogen and oxygen atoms in total. The molecule has 1 unspecified atom stereocenters. The SMILES string of the molecule is O=C(Cl)[N+]1([O-])CCN=N1. The predicted octanol–water partition coefficient (Wildman–Crippen LogP) is 1.04. The van der Waals surface area contributed by atoms with Gasteiger partial charge in [0.15, 0.2) is 0 Å². The highest BCUT2D eigenvalue weighted by molar-refractivity contribution is 6.60. The van der Waals surface area contributed by atoms with Crippen molar-refractivity contribution in [2.24, 2.45) is 10.3 Å². The molecule has 1 aliphatic heterocycles. The summed E-state index contributed by atoms with van der Waals surface area (Å²) in [6.07, 6.45) is 0. The van der Waals surface area contributed by atoms with E-state index in [1.54, 1.807) is 0 Å². The van der Waals surface area contributed by atoms with E-state index in [9.17, 15) is 10.0 Å². The standard InChI is InChI=1S/C3H4ClN3O2/c4-3(8)7(9)2-1-5-6-7/h1-2H2. The van der Waals surface area contributed by atoms with Gasteiger partial charge in [0.1, 0.15) is 13.1 Å². The third kappa shape index (κ3) is 1.07. The Bertz CT molecular complexity index is 170. The van der Waals surface area contributed by atoms with Gasteiger partial charge in [-0.1, -0.05) is 0 Å². The molecule has 0 saturated heterocycles. The molecule has 9 heavy (non-hydrogen) atoms. The van der Waals surface area contributed by atoms with Gasteiger partial charge in [-0.3, -0.25) is 0 Å². The van der Waals surface area contributed by atoms with E-state index in [0.29, 0.717) is 0 Å². The number of nitrogens with zero attached hydrogens (tertiary/aromatic N) is 3. The molecular formula is C3H4ClN3O2. The molecule has 1 amide bonds. The molecular weight excluding hydrogens is 146 g/mol. The third-order valence-electron chi connectivity index (χ3n) is 0.986. The molecule has 1 rings (SSSR count). The van der Waals surface area contributed by atoms with Crippen LogP contribution in [0.3, 0.4) is 0 Å². The molecule has 0 aromatic heterocycles. The Morgan fingerprint density at radius 1 is 1.78 bits per heavy atom. The highest BCUT2D eigenvalue weighted by Crippen LogP contribution is 2.15. The normalized spacial score (nSPS) is 33.1. The van der Waals surface area contributed by atoms with Gasteiger partial charge in [0.05, 0.1) is 0 Å². The first-order valence-electron chi connectivity index (χ1n) is 2.33. The number of rotatable bonds is 0. The van der Waals surface area contributed by atoms with Gasteiger partial charge >= 0.3 is 5.37 Å². The van der Waals surface area contributed by atoms with Crippen LogP contribution in [-0.4, -0.2) is 23.2 Å². The van der Waals surface area contributed by atoms with Crippen molar-refractivity contribution in [1.29, 1.82) is 0 Å². The van der Waals surface area contributed by atoms with Gasteiger partial charge in [-0.2, -0.15) is 0 Å². The molecule has 6 heteroatoms. The first kappa shape index (κ1) is 6.60. The number of carbonyl (C=O) groups excluding carboxylic acids is 1. The van der Waals surface area contributed by atoms with E-state index in [-0.39, 0.29) is 13.1 Å². The van der Waals surface area contributed by atoms with Gasteiger partial charge in [-0.05, 0) is 0 Å². The predicted molar refractivity (Wildman–Crippen MR) is 29.5 cm³/mol. The summed E-state index contributed by atoms with van der Waals surface area (Å²) in [5.41, 5.74) is 0. The van der Waals surface area contributed by atoms with Gasteiger partial charge in [-0.15, -0.1) is 9.87 Å². The first-order valence-corrected chi connectivity index (χ1v) is 2.71. The van der Waals surface area contributed by atoms with E-state index in [1.807, 2.05) is 0 Å². The Morgan fingerprint density at radius 3 is 2.67 bits per heavy atom. The van der Waals surface area contributed by atoms with Crippen LogP contribution in [0.4, 0.5) is 4.79 Å². The van der Waals surface area contributed by atoms with Crippen LogP contribution < -0.4 is 0 Å². The molecule has 50 valence electrons. The van der Waals surface area contributed by atoms with Crippen molar-refractivity contribution >= 4 is 17.0 Å². The average molecular weight is 150 g/mol. The van der Waals surface area contributed by atoms with E-state index in [2.05, 4.69) is 10.3 Å². The van der Waals surface area contributed by atoms with Crippen molar-refractivity contribution in [1.82, 2.24) is 0 Å². The van der Waals surface area contributed by atoms with Crippen molar-refractivity contribution in [3.8, 4) is 0 Å². The summed E-state index contributed by atoms with van der Waals surface area (Å²) in [5.74, 6) is 0. The van der Waals surface area contributed by atoms with Gasteiger partial charge in [0.2, 0.25) is 0 Å². The van der Waals surface area contributed by atoms with Crippen LogP contribution in [0.15, 0.2) is 10.3 Å². The number of hydrogen-bond acceptors (Lipinski definition) is 4. The molecule has 1 heterocycles. The fraction of sp³-hybridized carbons (Fsp3) is 0.667. The zero-order valence-electron chi connectivity index (χ0n) is 4.45. The Morgan fingerprint density at radius 2 is 2.44 bits per heavy atom. The average Bonchev–Trinajstić information content (AvgIpc) is 2.16. The largest absolute Gasteiger partial charge is 0.595 e. The van der Waals surface area contributed by atoms with Gasteiger partial charge in [0.25, 0.3) is 0 Å². The van der Waals surface area contributed by atoms with Crippen LogP contribution >= 0.6 is 11.6 Å². The lowest BCUT2D eigenvalue weighted by Gasteiger charge is -2.22. The fourth-order valence-corrected chi connectivity index (χ4v) is 0.613. The summed E-state index contributed by atoms with van der Waals surface area (Å²) in [6.45, 7) is 0.310. The van der Waals surface area contributed by atoms with Gasteiger partial charge in [0, 0.05) is 16.8 Å². The van der Waals surface area contributed by atoms with Crippen molar-refractivity contribution in [2.75, 3.05) is 13.1 Å². The number of amides is 1. The van der Waals surface area contributed by atoms with Crippen molar-refractivity contribution in [3.63, 3.8) is 0 Å². The Labute approximate surface area is 56.1 Å². The lowest BCUT2D eigenvalue weighted by atomic mass is 10.6. The number of hydroxylamine groups is 2. The second-order valence-electron chi connectivity index (χ2n) is 1.63. The smallest absolute Gasteiger partial charge is 0.439 e. The number of quaternary nitrogens is 1. The molecule has 0 fully saturated rings. The molecule has 0 N–H and O–H groups in total. The summed E-state index contributed by atoms with van der Waals surface area (Å²) >= 11 is 4.89. The minimum atomic E-state index is -1.36. The summed E-state index contributed by atoms with van der Waals surface area (Å²) < 4.78 is -1.36. The Hall–Kier alpha value is -0.520. The molecule has 0 spiro atoms. The molecule has 0 radical (unpaired) electrons. The van der Waals surface area contributed by atoms with Crippen LogP contribution in [0.5, 0.6) is 0 Å². The summed E-state index contributed by atoms with van der Waals surface area (Å²) in [7, 11) is 0. The monoisotopic (exact) mass is 149 g/mol. The summed E-state index contributed by atoms with van der Waals surface area (Å²) in [6, 6.07) is 0. The Kier molecular flexibility index (Phi) is 1.48. The van der Waals surface area contributed by atoms with Crippen LogP contribution in [0, 0.1) is 5.21 Å². The molecule has 0 aliphatic carbocycles. The molecule has 1 aliphatic rings. The first-order chi connectivity index (χ1) is 4.15. The van der Waals surface area contributed by atoms with Gasteiger partial charge < -0.3 is 5.21 Å². The minimum absolute atomic E-state index is 0.0301. The maximum atomic E-state index is 10.8. The lowest BCUT2D eigenvalue weighted by molar-refractivity contribution is -0.793. The third-order valence-corrected chi connectivity index (χ3v) is 1.25. The van der Waals surface area contributed by atoms with Crippen molar-refractivity contribution < 1.29 is 9.55 Å². The molecule has 0 aromatic rings. The highest BCUT2D eigenvalue weighted by atomic mass is 35.5. The van der Waals surface area contributed by atoms with Crippen LogP contribution in [0.1, 0.15) is 0 Å². The van der Waals surface area contributed by atoms with E-state index in [1.165, 1.54) is 0 Å². The Balaban J connectivity index is 2.74. The van der Waals surface area contributed by atoms with E-state index >= 15 is 0 Å². The van der Waals surface area contributed by atoms with E-state index < -0.39 is 10.1 Å². The molecule has 0 saturated carbocycles. The number of carbonyl (C=O) groups is 1. The van der Waals surface area contributed by atoms with E-state index in [0.717, 1.165) is 0 Å². The lowest BCUT2D eigenvalue weighted by Crippen LogP contribution is -2.37. The summed E-state index contributed by atoms with van der Waals surface area (Å²) in [5, 5.41) is 16.2. The minimum Gasteiger partial charge on any atom is -0.595 e. The quantitative estimate of drug-likeness (QED) is 0.224. The van der Waals surface area contributed by atoms with Crippen LogP contribution in [0.2, 0.25) is 0 Å². The van der Waals surface area contributed by atoms with Crippen LogP contribution in [-0.2, 0) is 0 Å². The molecule has 0 aromatic carbocycles. The second-order valence-corrected chi connectivity index (χ2v) is 1.96. The molecule has 0 bridgehead atoms. The molecule has 1 atom stereocenters. The van der Waals surface area contributed by atoms with Crippen molar-refractivity contribution in [3.05, 3.63) is 5.21 Å². The number of hydrogen-bond donors (Lipinski definition) is 0. The van der Waals surface area contributed by atoms with E-state index in [4.69, 9.17) is 11.6 Å². The van der Waals surface area contributed by atoms with Crippen molar-refractivity contribution in [2.45, 2.75) is 0 Å². The van der Waals surface area contributed by atoms with Gasteiger partial charge in [-0.25, -0.2) is 4.79 Å². The zero-order chi connectivity index (χ0) is 6.91. The topological polar surface area (TPSA) is 64.8 Å². The number of halogens is 1. The highest BCUT2D eigenvalue weighted by Gasteiger charge is 2.29.